The number of allylic oxidation sites excluding steroid dienone is 1. The summed E-state index contributed by atoms with van der Waals surface area (Å²) in [5.74, 6) is 0.950. The highest BCUT2D eigenvalue weighted by molar-refractivity contribution is 5.18. The molecule has 2 fully saturated rings. The molecule has 1 aliphatic carbocycles. The van der Waals surface area contributed by atoms with Crippen molar-refractivity contribution >= 4 is 0 Å². The maximum Gasteiger partial charge on any atom is -0.00114 e. The van der Waals surface area contributed by atoms with Crippen molar-refractivity contribution in [2.75, 3.05) is 13.1 Å². The van der Waals surface area contributed by atoms with Gasteiger partial charge in [0.15, 0.2) is 0 Å². The Morgan fingerprint density at radius 1 is 1.08 bits per heavy atom. The monoisotopic (exact) mass is 179 g/mol. The Morgan fingerprint density at radius 3 is 2.54 bits per heavy atom. The number of hydrogen-bond donors (Lipinski definition) is 1. The van der Waals surface area contributed by atoms with Gasteiger partial charge in [-0.3, -0.25) is 0 Å². The fourth-order valence-electron chi connectivity index (χ4n) is 2.69. The van der Waals surface area contributed by atoms with Gasteiger partial charge in [-0.1, -0.05) is 24.5 Å². The summed E-state index contributed by atoms with van der Waals surface area (Å²) in [5, 5.41) is 3.43. The summed E-state index contributed by atoms with van der Waals surface area (Å²) in [7, 11) is 0. The van der Waals surface area contributed by atoms with Gasteiger partial charge in [-0.2, -0.15) is 0 Å². The minimum absolute atomic E-state index is 0.950. The van der Waals surface area contributed by atoms with Gasteiger partial charge >= 0.3 is 0 Å². The SMILES string of the molecule is CC1CCCC(=C2CCNCC2)C1. The molecular weight excluding hydrogens is 158 g/mol. The van der Waals surface area contributed by atoms with Gasteiger partial charge in [-0.15, -0.1) is 0 Å². The molecule has 0 radical (unpaired) electrons. The number of rotatable bonds is 0. The second kappa shape index (κ2) is 4.28. The van der Waals surface area contributed by atoms with Crippen molar-refractivity contribution in [2.24, 2.45) is 5.92 Å². The van der Waals surface area contributed by atoms with Crippen LogP contribution in [-0.2, 0) is 0 Å². The number of piperidine rings is 1. The van der Waals surface area contributed by atoms with Crippen molar-refractivity contribution in [3.63, 3.8) is 0 Å². The second-order valence-corrected chi connectivity index (χ2v) is 4.66. The van der Waals surface area contributed by atoms with Gasteiger partial charge in [0.25, 0.3) is 0 Å². The van der Waals surface area contributed by atoms with Crippen LogP contribution in [0.2, 0.25) is 0 Å². The van der Waals surface area contributed by atoms with E-state index in [2.05, 4.69) is 12.2 Å². The van der Waals surface area contributed by atoms with Gasteiger partial charge in [-0.25, -0.2) is 0 Å². The maximum absolute atomic E-state index is 3.43. The minimum atomic E-state index is 0.950. The summed E-state index contributed by atoms with van der Waals surface area (Å²) in [4.78, 5) is 0. The van der Waals surface area contributed by atoms with Gasteiger partial charge < -0.3 is 5.32 Å². The average Bonchev–Trinajstić information content (AvgIpc) is 2.19. The minimum Gasteiger partial charge on any atom is -0.316 e. The fraction of sp³-hybridized carbons (Fsp3) is 0.833. The van der Waals surface area contributed by atoms with Crippen LogP contribution in [0.25, 0.3) is 0 Å². The Kier molecular flexibility index (Phi) is 3.05. The maximum atomic E-state index is 3.43. The first kappa shape index (κ1) is 9.26. The second-order valence-electron chi connectivity index (χ2n) is 4.66. The molecule has 1 heteroatoms. The van der Waals surface area contributed by atoms with Crippen molar-refractivity contribution in [3.05, 3.63) is 11.1 Å². The molecule has 0 aromatic heterocycles. The zero-order valence-corrected chi connectivity index (χ0v) is 8.73. The molecule has 0 aromatic rings. The zero-order valence-electron chi connectivity index (χ0n) is 8.73. The molecule has 74 valence electrons. The van der Waals surface area contributed by atoms with Crippen LogP contribution >= 0.6 is 0 Å². The van der Waals surface area contributed by atoms with Gasteiger partial charge in [-0.05, 0) is 51.1 Å². The molecule has 0 aromatic carbocycles. The van der Waals surface area contributed by atoms with Gasteiger partial charge in [0.05, 0.1) is 0 Å². The fourth-order valence-corrected chi connectivity index (χ4v) is 2.69. The van der Waals surface area contributed by atoms with Crippen molar-refractivity contribution in [1.82, 2.24) is 5.32 Å². The summed E-state index contributed by atoms with van der Waals surface area (Å²) < 4.78 is 0. The van der Waals surface area contributed by atoms with Crippen LogP contribution in [0.4, 0.5) is 0 Å². The van der Waals surface area contributed by atoms with E-state index in [1.54, 1.807) is 5.57 Å². The van der Waals surface area contributed by atoms with E-state index >= 15 is 0 Å². The van der Waals surface area contributed by atoms with E-state index in [9.17, 15) is 0 Å². The summed E-state index contributed by atoms with van der Waals surface area (Å²) in [5.41, 5.74) is 3.62. The van der Waals surface area contributed by atoms with Crippen molar-refractivity contribution in [3.8, 4) is 0 Å². The van der Waals surface area contributed by atoms with Gasteiger partial charge in [0.2, 0.25) is 0 Å². The summed E-state index contributed by atoms with van der Waals surface area (Å²) in [6.45, 7) is 4.83. The molecular formula is C12H21N. The molecule has 1 saturated carbocycles. The van der Waals surface area contributed by atoms with Crippen LogP contribution < -0.4 is 5.32 Å². The lowest BCUT2D eigenvalue weighted by atomic mass is 9.82. The Balaban J connectivity index is 2.02. The molecule has 0 bridgehead atoms. The lowest BCUT2D eigenvalue weighted by Gasteiger charge is -2.26. The molecule has 0 spiro atoms. The highest BCUT2D eigenvalue weighted by atomic mass is 14.9. The van der Waals surface area contributed by atoms with E-state index < -0.39 is 0 Å². The topological polar surface area (TPSA) is 12.0 Å². The Labute approximate surface area is 81.6 Å². The third-order valence-electron chi connectivity index (χ3n) is 3.48. The van der Waals surface area contributed by atoms with E-state index in [-0.39, 0.29) is 0 Å². The Morgan fingerprint density at radius 2 is 1.85 bits per heavy atom. The first-order valence-corrected chi connectivity index (χ1v) is 5.77. The van der Waals surface area contributed by atoms with Crippen molar-refractivity contribution < 1.29 is 0 Å². The van der Waals surface area contributed by atoms with Crippen LogP contribution in [0.15, 0.2) is 11.1 Å². The van der Waals surface area contributed by atoms with Crippen LogP contribution in [0, 0.1) is 5.92 Å². The third-order valence-corrected chi connectivity index (χ3v) is 3.48. The molecule has 1 aliphatic heterocycles. The molecule has 2 rings (SSSR count). The summed E-state index contributed by atoms with van der Waals surface area (Å²) in [6.07, 6.45) is 8.33. The molecule has 1 saturated heterocycles. The highest BCUT2D eigenvalue weighted by Crippen LogP contribution is 2.32. The molecule has 2 aliphatic rings. The van der Waals surface area contributed by atoms with E-state index in [0.717, 1.165) is 5.92 Å². The number of nitrogens with one attached hydrogen (secondary N) is 1. The van der Waals surface area contributed by atoms with Crippen LogP contribution in [0.3, 0.4) is 0 Å². The third kappa shape index (κ3) is 2.34. The van der Waals surface area contributed by atoms with E-state index in [1.165, 1.54) is 51.6 Å². The largest absolute Gasteiger partial charge is 0.316 e. The van der Waals surface area contributed by atoms with Crippen LogP contribution in [0.5, 0.6) is 0 Å². The van der Waals surface area contributed by atoms with E-state index in [4.69, 9.17) is 0 Å². The normalized spacial score (nSPS) is 30.7. The standard InChI is InChI=1S/C12H21N/c1-10-3-2-4-12(9-10)11-5-7-13-8-6-11/h10,13H,2-9H2,1H3. The Bertz CT molecular complexity index is 197. The summed E-state index contributed by atoms with van der Waals surface area (Å²) >= 11 is 0. The molecule has 1 atom stereocenters. The lowest BCUT2D eigenvalue weighted by molar-refractivity contribution is 0.443. The average molecular weight is 179 g/mol. The molecule has 1 heterocycles. The molecule has 1 nitrogen and oxygen atoms in total. The zero-order chi connectivity index (χ0) is 9.10. The van der Waals surface area contributed by atoms with Crippen LogP contribution in [0.1, 0.15) is 45.4 Å². The smallest absolute Gasteiger partial charge is 0.00114 e. The number of hydrogen-bond acceptors (Lipinski definition) is 1. The lowest BCUT2D eigenvalue weighted by Crippen LogP contribution is -2.24. The quantitative estimate of drug-likeness (QED) is 0.564. The summed E-state index contributed by atoms with van der Waals surface area (Å²) in [6, 6.07) is 0. The van der Waals surface area contributed by atoms with E-state index in [1.807, 2.05) is 5.57 Å². The highest BCUT2D eigenvalue weighted by Gasteiger charge is 2.17. The van der Waals surface area contributed by atoms with Crippen molar-refractivity contribution in [1.29, 1.82) is 0 Å². The predicted molar refractivity (Wildman–Crippen MR) is 56.8 cm³/mol. The first-order chi connectivity index (χ1) is 6.36. The van der Waals surface area contributed by atoms with Gasteiger partial charge in [0, 0.05) is 0 Å². The molecule has 1 N–H and O–H groups in total. The first-order valence-electron chi connectivity index (χ1n) is 5.77. The molecule has 1 unspecified atom stereocenters. The van der Waals surface area contributed by atoms with Crippen molar-refractivity contribution in [2.45, 2.75) is 45.4 Å². The predicted octanol–water partition coefficient (Wildman–Crippen LogP) is 2.88. The van der Waals surface area contributed by atoms with E-state index in [0.29, 0.717) is 0 Å². The molecule has 13 heavy (non-hydrogen) atoms. The Hall–Kier alpha value is -0.300. The van der Waals surface area contributed by atoms with Crippen LogP contribution in [-0.4, -0.2) is 13.1 Å². The van der Waals surface area contributed by atoms with Gasteiger partial charge in [0.1, 0.15) is 0 Å². The molecule has 0 amide bonds.